The van der Waals surface area contributed by atoms with Crippen molar-refractivity contribution in [3.63, 3.8) is 0 Å². The van der Waals surface area contributed by atoms with Gasteiger partial charge >= 0.3 is 0 Å². The lowest BCUT2D eigenvalue weighted by Gasteiger charge is -2.16. The summed E-state index contributed by atoms with van der Waals surface area (Å²) >= 11 is 0. The van der Waals surface area contributed by atoms with Gasteiger partial charge in [-0.15, -0.1) is 0 Å². The van der Waals surface area contributed by atoms with Gasteiger partial charge in [0.25, 0.3) is 0 Å². The van der Waals surface area contributed by atoms with Crippen LogP contribution in [0.25, 0.3) is 10.9 Å². The Balaban J connectivity index is 1.83. The molecule has 1 unspecified atom stereocenters. The first-order valence-corrected chi connectivity index (χ1v) is 6.52. The first-order valence-electron chi connectivity index (χ1n) is 6.52. The summed E-state index contributed by atoms with van der Waals surface area (Å²) in [6, 6.07) is 10.4. The van der Waals surface area contributed by atoms with Crippen molar-refractivity contribution in [3.8, 4) is 0 Å². The average molecular weight is 242 g/mol. The Bertz CT molecular complexity index is 536. The van der Waals surface area contributed by atoms with Crippen molar-refractivity contribution < 1.29 is 5.11 Å². The van der Waals surface area contributed by atoms with Crippen LogP contribution in [0.15, 0.2) is 36.5 Å². The summed E-state index contributed by atoms with van der Waals surface area (Å²) in [6.45, 7) is 3.32. The van der Waals surface area contributed by atoms with Gasteiger partial charge in [0.1, 0.15) is 0 Å². The number of pyridine rings is 1. The number of aliphatic hydroxyl groups excluding tert-OH is 1. The van der Waals surface area contributed by atoms with E-state index in [4.69, 9.17) is 0 Å². The van der Waals surface area contributed by atoms with E-state index in [0.717, 1.165) is 31.6 Å². The second kappa shape index (κ2) is 5.04. The van der Waals surface area contributed by atoms with Crippen LogP contribution in [-0.4, -0.2) is 34.7 Å². The highest BCUT2D eigenvalue weighted by molar-refractivity contribution is 5.81. The number of aromatic nitrogens is 1. The molecule has 0 bridgehead atoms. The van der Waals surface area contributed by atoms with Gasteiger partial charge in [0.05, 0.1) is 5.52 Å². The Morgan fingerprint density at radius 1 is 1.28 bits per heavy atom. The van der Waals surface area contributed by atoms with Gasteiger partial charge < -0.3 is 5.11 Å². The Hall–Kier alpha value is -1.45. The predicted octanol–water partition coefficient (Wildman–Crippen LogP) is 2.05. The summed E-state index contributed by atoms with van der Waals surface area (Å²) in [5.41, 5.74) is 2.39. The molecule has 1 fully saturated rings. The Kier molecular flexibility index (Phi) is 3.26. The lowest BCUT2D eigenvalue weighted by molar-refractivity contribution is 0.220. The highest BCUT2D eigenvalue weighted by Crippen LogP contribution is 2.22. The van der Waals surface area contributed by atoms with Crippen LogP contribution in [0.3, 0.4) is 0 Å². The second-order valence-electron chi connectivity index (χ2n) is 5.06. The Morgan fingerprint density at radius 2 is 2.17 bits per heavy atom. The molecule has 1 N–H and O–H groups in total. The fourth-order valence-electron chi connectivity index (χ4n) is 2.74. The van der Waals surface area contributed by atoms with Crippen LogP contribution in [0.1, 0.15) is 12.0 Å². The average Bonchev–Trinajstić information content (AvgIpc) is 2.87. The van der Waals surface area contributed by atoms with Crippen molar-refractivity contribution in [2.24, 2.45) is 5.92 Å². The minimum atomic E-state index is 0.310. The van der Waals surface area contributed by atoms with Crippen LogP contribution in [0.5, 0.6) is 0 Å². The summed E-state index contributed by atoms with van der Waals surface area (Å²) in [7, 11) is 0. The van der Waals surface area contributed by atoms with Crippen molar-refractivity contribution in [3.05, 3.63) is 42.1 Å². The van der Waals surface area contributed by atoms with Gasteiger partial charge in [-0.05, 0) is 30.5 Å². The normalized spacial score (nSPS) is 20.6. The minimum Gasteiger partial charge on any atom is -0.396 e. The molecule has 18 heavy (non-hydrogen) atoms. The monoisotopic (exact) mass is 242 g/mol. The molecular formula is C15H18N2O. The van der Waals surface area contributed by atoms with Crippen molar-refractivity contribution in [2.75, 3.05) is 19.7 Å². The third-order valence-corrected chi connectivity index (χ3v) is 3.74. The molecule has 1 aliphatic heterocycles. The topological polar surface area (TPSA) is 36.4 Å². The SMILES string of the molecule is OCC1CCN(Cc2cccc3cccnc23)C1. The zero-order valence-electron chi connectivity index (χ0n) is 10.4. The molecule has 1 aromatic heterocycles. The second-order valence-corrected chi connectivity index (χ2v) is 5.06. The lowest BCUT2D eigenvalue weighted by atomic mass is 10.1. The third kappa shape index (κ3) is 2.24. The molecule has 1 aliphatic rings. The van der Waals surface area contributed by atoms with Gasteiger partial charge in [0.2, 0.25) is 0 Å². The van der Waals surface area contributed by atoms with E-state index in [1.165, 1.54) is 10.9 Å². The standard InChI is InChI=1S/C15H18N2O/c18-11-12-6-8-17(9-12)10-14-4-1-3-13-5-2-7-16-15(13)14/h1-5,7,12,18H,6,8-11H2. The molecule has 0 spiro atoms. The quantitative estimate of drug-likeness (QED) is 0.895. The Morgan fingerprint density at radius 3 is 3.00 bits per heavy atom. The molecule has 94 valence electrons. The zero-order chi connectivity index (χ0) is 12.4. The van der Waals surface area contributed by atoms with E-state index < -0.39 is 0 Å². The summed E-state index contributed by atoms with van der Waals surface area (Å²) < 4.78 is 0. The molecule has 2 heterocycles. The Labute approximate surface area is 107 Å². The fourth-order valence-corrected chi connectivity index (χ4v) is 2.74. The molecule has 0 amide bonds. The molecule has 1 saturated heterocycles. The number of hydrogen-bond donors (Lipinski definition) is 1. The van der Waals surface area contributed by atoms with E-state index in [1.54, 1.807) is 0 Å². The molecule has 0 saturated carbocycles. The fraction of sp³-hybridized carbons (Fsp3) is 0.400. The first-order chi connectivity index (χ1) is 8.86. The summed E-state index contributed by atoms with van der Waals surface area (Å²) in [6.07, 6.45) is 2.96. The molecule has 0 aliphatic carbocycles. The number of benzene rings is 1. The van der Waals surface area contributed by atoms with Crippen LogP contribution in [0.4, 0.5) is 0 Å². The van der Waals surface area contributed by atoms with Crippen LogP contribution >= 0.6 is 0 Å². The maximum Gasteiger partial charge on any atom is 0.0746 e. The number of likely N-dealkylation sites (tertiary alicyclic amines) is 1. The van der Waals surface area contributed by atoms with Gasteiger partial charge in [-0.1, -0.05) is 24.3 Å². The van der Waals surface area contributed by atoms with Crippen molar-refractivity contribution in [2.45, 2.75) is 13.0 Å². The van der Waals surface area contributed by atoms with E-state index in [1.807, 2.05) is 12.3 Å². The van der Waals surface area contributed by atoms with Crippen molar-refractivity contribution in [1.29, 1.82) is 0 Å². The number of rotatable bonds is 3. The third-order valence-electron chi connectivity index (χ3n) is 3.74. The van der Waals surface area contributed by atoms with Gasteiger partial charge in [-0.2, -0.15) is 0 Å². The van der Waals surface area contributed by atoms with Gasteiger partial charge in [-0.25, -0.2) is 0 Å². The number of nitrogens with zero attached hydrogens (tertiary/aromatic N) is 2. The van der Waals surface area contributed by atoms with E-state index in [2.05, 4.69) is 34.1 Å². The van der Waals surface area contributed by atoms with E-state index in [-0.39, 0.29) is 0 Å². The van der Waals surface area contributed by atoms with Gasteiger partial charge in [-0.3, -0.25) is 9.88 Å². The molecule has 1 aromatic carbocycles. The number of hydrogen-bond acceptors (Lipinski definition) is 3. The highest BCUT2D eigenvalue weighted by atomic mass is 16.3. The number of fused-ring (bicyclic) bond motifs is 1. The molecule has 3 heteroatoms. The molecule has 3 rings (SSSR count). The van der Waals surface area contributed by atoms with Crippen LogP contribution in [-0.2, 0) is 6.54 Å². The predicted molar refractivity (Wildman–Crippen MR) is 72.2 cm³/mol. The smallest absolute Gasteiger partial charge is 0.0746 e. The summed E-state index contributed by atoms with van der Waals surface area (Å²) in [5.74, 6) is 0.452. The van der Waals surface area contributed by atoms with Crippen molar-refractivity contribution in [1.82, 2.24) is 9.88 Å². The maximum absolute atomic E-state index is 9.18. The highest BCUT2D eigenvalue weighted by Gasteiger charge is 2.22. The molecule has 2 aromatic rings. The van der Waals surface area contributed by atoms with E-state index in [9.17, 15) is 5.11 Å². The molecule has 0 radical (unpaired) electrons. The van der Waals surface area contributed by atoms with Gasteiger partial charge in [0, 0.05) is 31.3 Å². The molecular weight excluding hydrogens is 224 g/mol. The summed E-state index contributed by atoms with van der Waals surface area (Å²) in [5, 5.41) is 10.4. The van der Waals surface area contributed by atoms with Crippen LogP contribution in [0.2, 0.25) is 0 Å². The lowest BCUT2D eigenvalue weighted by Crippen LogP contribution is -2.21. The number of aliphatic hydroxyl groups is 1. The van der Waals surface area contributed by atoms with Gasteiger partial charge in [0.15, 0.2) is 0 Å². The molecule has 1 atom stereocenters. The van der Waals surface area contributed by atoms with E-state index in [0.29, 0.717) is 12.5 Å². The van der Waals surface area contributed by atoms with E-state index >= 15 is 0 Å². The van der Waals surface area contributed by atoms with Crippen molar-refractivity contribution >= 4 is 10.9 Å². The summed E-state index contributed by atoms with van der Waals surface area (Å²) in [4.78, 5) is 6.89. The largest absolute Gasteiger partial charge is 0.396 e. The first kappa shape index (κ1) is 11.6. The minimum absolute atomic E-state index is 0.310. The van der Waals surface area contributed by atoms with Crippen LogP contribution < -0.4 is 0 Å². The maximum atomic E-state index is 9.18. The number of para-hydroxylation sites is 1. The zero-order valence-corrected chi connectivity index (χ0v) is 10.4. The van der Waals surface area contributed by atoms with Crippen LogP contribution in [0, 0.1) is 5.92 Å². The molecule has 3 nitrogen and oxygen atoms in total.